The number of carbonyl (C=O) groups is 2. The summed E-state index contributed by atoms with van der Waals surface area (Å²) in [7, 11) is 0. The van der Waals surface area contributed by atoms with E-state index in [0.717, 1.165) is 37.8 Å². The fourth-order valence-electron chi connectivity index (χ4n) is 6.31. The Morgan fingerprint density at radius 3 is 2.62 bits per heavy atom. The molecule has 1 radical (unpaired) electrons. The quantitative estimate of drug-likeness (QED) is 0.379. The number of fused-ring (bicyclic) bond motifs is 5. The first-order chi connectivity index (χ1) is 22.0. The molecule has 3 aliphatic rings. The van der Waals surface area contributed by atoms with Crippen molar-refractivity contribution < 1.29 is 51.6 Å². The van der Waals surface area contributed by atoms with Crippen molar-refractivity contribution in [3.8, 4) is 11.6 Å². The average molecular weight is 684 g/mol. The van der Waals surface area contributed by atoms with Crippen LogP contribution in [-0.4, -0.2) is 69.0 Å². The number of rotatable bonds is 4. The van der Waals surface area contributed by atoms with Gasteiger partial charge < -0.3 is 33.6 Å². The van der Waals surface area contributed by atoms with Gasteiger partial charge >= 0.3 is 6.09 Å². The maximum absolute atomic E-state index is 14.0. The summed E-state index contributed by atoms with van der Waals surface area (Å²) in [5.74, 6) is 1.71. The van der Waals surface area contributed by atoms with Crippen LogP contribution >= 0.6 is 0 Å². The maximum Gasteiger partial charge on any atom is 0.408 e. The van der Waals surface area contributed by atoms with E-state index in [1.807, 2.05) is 46.8 Å². The molecule has 2 aliphatic heterocycles. The zero-order valence-corrected chi connectivity index (χ0v) is 28.9. The summed E-state index contributed by atoms with van der Waals surface area (Å²) in [6.45, 7) is 9.60. The zero-order valence-electron chi connectivity index (χ0n) is 27.5. The number of hydrogen-bond donors (Lipinski definition) is 1. The minimum absolute atomic E-state index is 0. The number of alkyl carbamates (subject to hydrolysis) is 1. The fraction of sp³-hybridized carbons (Fsp3) is 0.588. The number of aromatic nitrogens is 3. The summed E-state index contributed by atoms with van der Waals surface area (Å²) < 4.78 is 23.6. The molecule has 1 aromatic carbocycles. The van der Waals surface area contributed by atoms with E-state index in [4.69, 9.17) is 28.6 Å². The molecular formula is C34H42N5O7V-. The molecule has 1 aliphatic carbocycles. The van der Waals surface area contributed by atoms with E-state index in [1.54, 1.807) is 12.3 Å². The summed E-state index contributed by atoms with van der Waals surface area (Å²) in [5, 5.41) is 2.81. The Bertz CT molecular complexity index is 1610. The van der Waals surface area contributed by atoms with Crippen molar-refractivity contribution in [1.82, 2.24) is 25.2 Å². The Hall–Kier alpha value is -3.64. The topological polar surface area (TPSA) is 146 Å². The molecule has 12 nitrogen and oxygen atoms in total. The third-order valence-electron chi connectivity index (χ3n) is 9.15. The van der Waals surface area contributed by atoms with Crippen molar-refractivity contribution in [3.63, 3.8) is 0 Å². The van der Waals surface area contributed by atoms with Gasteiger partial charge in [-0.2, -0.15) is 0 Å². The molecule has 13 heteroatoms. The molecule has 0 spiro atoms. The van der Waals surface area contributed by atoms with Crippen LogP contribution in [0.1, 0.15) is 77.1 Å². The summed E-state index contributed by atoms with van der Waals surface area (Å²) >= 11 is 0. The van der Waals surface area contributed by atoms with Crippen LogP contribution in [0.15, 0.2) is 28.8 Å². The molecule has 3 aromatic rings. The first-order valence-corrected chi connectivity index (χ1v) is 16.2. The molecule has 2 amide bonds. The van der Waals surface area contributed by atoms with Gasteiger partial charge in [0.25, 0.3) is 0 Å². The smallest absolute Gasteiger partial charge is 0.408 e. The molecule has 6 rings (SSSR count). The van der Waals surface area contributed by atoms with Crippen LogP contribution in [-0.2, 0) is 45.9 Å². The minimum atomic E-state index is -0.910. The second-order valence-electron chi connectivity index (χ2n) is 13.8. The van der Waals surface area contributed by atoms with Crippen molar-refractivity contribution in [2.24, 2.45) is 17.3 Å². The molecule has 6 atom stereocenters. The van der Waals surface area contributed by atoms with Crippen LogP contribution < -0.4 is 14.8 Å². The molecule has 1 saturated carbocycles. The van der Waals surface area contributed by atoms with E-state index in [0.29, 0.717) is 46.7 Å². The fourth-order valence-corrected chi connectivity index (χ4v) is 6.31. The molecule has 2 fully saturated rings. The van der Waals surface area contributed by atoms with Crippen molar-refractivity contribution in [1.29, 1.82) is 0 Å². The van der Waals surface area contributed by atoms with Gasteiger partial charge in [0.1, 0.15) is 35.5 Å². The van der Waals surface area contributed by atoms with Crippen LogP contribution in [0.25, 0.3) is 11.0 Å². The van der Waals surface area contributed by atoms with Gasteiger partial charge in [-0.05, 0) is 62.0 Å². The van der Waals surface area contributed by atoms with Gasteiger partial charge in [0.15, 0.2) is 6.61 Å². The Kier molecular flexibility index (Phi) is 10.5. The van der Waals surface area contributed by atoms with Gasteiger partial charge in [0, 0.05) is 24.6 Å². The number of ether oxygens (including phenoxy) is 3. The van der Waals surface area contributed by atoms with E-state index in [1.165, 1.54) is 4.90 Å². The number of oxazole rings is 1. The number of aryl methyl sites for hydroxylation is 2. The third-order valence-corrected chi connectivity index (χ3v) is 9.15. The van der Waals surface area contributed by atoms with Crippen LogP contribution in [0.4, 0.5) is 4.79 Å². The molecule has 251 valence electrons. The first-order valence-electron chi connectivity index (χ1n) is 16.2. The van der Waals surface area contributed by atoms with E-state index >= 15 is 0 Å². The van der Waals surface area contributed by atoms with Crippen LogP contribution in [0.5, 0.6) is 11.6 Å². The summed E-state index contributed by atoms with van der Waals surface area (Å²) in [6.07, 6.45) is 7.73. The summed E-state index contributed by atoms with van der Waals surface area (Å²) in [4.78, 5) is 54.6. The van der Waals surface area contributed by atoms with Gasteiger partial charge in [-0.1, -0.05) is 46.6 Å². The molecule has 47 heavy (non-hydrogen) atoms. The number of benzene rings is 1. The third kappa shape index (κ3) is 7.92. The van der Waals surface area contributed by atoms with Gasteiger partial charge in [-0.3, -0.25) is 4.79 Å². The van der Waals surface area contributed by atoms with Crippen molar-refractivity contribution in [2.75, 3.05) is 6.54 Å². The van der Waals surface area contributed by atoms with E-state index < -0.39 is 29.7 Å². The SMILES string of the molecule is Cc1cnc(COc2ccc3nc4c(nc3c2)O[C@H]2CN(C(=O)[C@H](C(C)(C)C)NC(=O)O[C@@H]3C[C@H]3CCCCC4)[C@H]([C-]=O)[C@@H]2C)o1.[V]. The second-order valence-corrected chi connectivity index (χ2v) is 13.8. The Labute approximate surface area is 286 Å². The number of hydrogen-bond acceptors (Lipinski definition) is 10. The second kappa shape index (κ2) is 14.2. The van der Waals surface area contributed by atoms with Gasteiger partial charge in [0.05, 0.1) is 23.8 Å². The van der Waals surface area contributed by atoms with Crippen molar-refractivity contribution in [3.05, 3.63) is 41.7 Å². The van der Waals surface area contributed by atoms with E-state index in [2.05, 4.69) is 16.6 Å². The van der Waals surface area contributed by atoms with Crippen LogP contribution in [0.2, 0.25) is 0 Å². The predicted molar refractivity (Wildman–Crippen MR) is 167 cm³/mol. The number of nitrogens with zero attached hydrogens (tertiary/aromatic N) is 4. The largest absolute Gasteiger partial charge is 0.540 e. The molecule has 2 bridgehead atoms. The molecule has 1 saturated heterocycles. The summed E-state index contributed by atoms with van der Waals surface area (Å²) in [5.41, 5.74) is 1.39. The van der Waals surface area contributed by atoms with Crippen molar-refractivity contribution in [2.45, 2.75) is 104 Å². The minimum Gasteiger partial charge on any atom is -0.540 e. The molecule has 0 unspecified atom stereocenters. The van der Waals surface area contributed by atoms with Crippen molar-refractivity contribution >= 4 is 29.3 Å². The van der Waals surface area contributed by atoms with Crippen LogP contribution in [0, 0.1) is 24.2 Å². The van der Waals surface area contributed by atoms with Gasteiger partial charge in [-0.15, -0.1) is 0 Å². The average Bonchev–Trinajstić information content (AvgIpc) is 3.46. The molecule has 2 aromatic heterocycles. The maximum atomic E-state index is 14.0. The van der Waals surface area contributed by atoms with Gasteiger partial charge in [0.2, 0.25) is 17.7 Å². The zero-order chi connectivity index (χ0) is 32.6. The number of nitrogens with one attached hydrogen (secondary N) is 1. The monoisotopic (exact) mass is 683 g/mol. The molecule has 4 heterocycles. The van der Waals surface area contributed by atoms with E-state index in [9.17, 15) is 14.4 Å². The van der Waals surface area contributed by atoms with E-state index in [-0.39, 0.29) is 49.6 Å². The Morgan fingerprint density at radius 2 is 1.89 bits per heavy atom. The van der Waals surface area contributed by atoms with Crippen LogP contribution in [0.3, 0.4) is 0 Å². The Balaban J connectivity index is 0.00000433. The molecular weight excluding hydrogens is 641 g/mol. The summed E-state index contributed by atoms with van der Waals surface area (Å²) in [6, 6.07) is 3.74. The molecule has 1 N–H and O–H groups in total. The Morgan fingerprint density at radius 1 is 1.09 bits per heavy atom. The number of carbonyl (C=O) groups excluding carboxylic acids is 3. The van der Waals surface area contributed by atoms with Gasteiger partial charge in [-0.25, -0.2) is 26.0 Å². The predicted octanol–water partition coefficient (Wildman–Crippen LogP) is 4.85. The normalized spacial score (nSPS) is 26.8. The number of amides is 2. The standard InChI is InChI=1S/C34H42N5O7.V/c1-19-15-35-29(44-19)18-43-22-11-12-23-25(14-22)37-31-24(36-23)10-8-6-7-9-21-13-27(21)46-33(42)38-30(34(3,4)5)32(41)39-16-28(45-31)20(2)26(39)17-40;/h11-12,14-15,20-21,26-28,30H,6-10,13,16,18H2,1-5H3,(H,38,42);/q-1;/t20-,21+,26+,27+,28-,30+;/m0./s1. The first kappa shape index (κ1) is 34.7.